The van der Waals surface area contributed by atoms with E-state index in [1.807, 2.05) is 13.1 Å². The summed E-state index contributed by atoms with van der Waals surface area (Å²) < 4.78 is 0. The van der Waals surface area contributed by atoms with Gasteiger partial charge in [-0.25, -0.2) is 0 Å². The summed E-state index contributed by atoms with van der Waals surface area (Å²) in [6, 6.07) is 10.3. The van der Waals surface area contributed by atoms with Crippen LogP contribution < -0.4 is 9.80 Å². The lowest BCUT2D eigenvalue weighted by Crippen LogP contribution is -2.36. The first-order valence-corrected chi connectivity index (χ1v) is 8.40. The Morgan fingerprint density at radius 3 is 2.20 bits per heavy atom. The number of benzene rings is 2. The molecular weight excluding hydrogens is 308 g/mol. The van der Waals surface area contributed by atoms with E-state index in [9.17, 15) is 10.5 Å². The largest absolute Gasteiger partial charge is 0.351 e. The second-order valence-electron chi connectivity index (χ2n) is 6.78. The molecule has 2 aromatic carbocycles. The van der Waals surface area contributed by atoms with Crippen molar-refractivity contribution >= 4 is 17.1 Å². The van der Waals surface area contributed by atoms with E-state index in [0.29, 0.717) is 11.1 Å². The van der Waals surface area contributed by atoms with Gasteiger partial charge in [-0.1, -0.05) is 0 Å². The van der Waals surface area contributed by atoms with E-state index in [1.165, 1.54) is 22.3 Å². The molecular formula is C21H22N4. The SMILES string of the molecule is Cc1cc(N2c3ccc(C#N)c(C#N)c3N(C)[C@@H]2C)c(C)c(C)c1C. The molecule has 0 saturated carbocycles. The minimum atomic E-state index is 0.0660. The Hall–Kier alpha value is -2.98. The van der Waals surface area contributed by atoms with Crippen molar-refractivity contribution < 1.29 is 0 Å². The van der Waals surface area contributed by atoms with E-state index in [-0.39, 0.29) is 6.17 Å². The molecule has 4 heteroatoms. The Balaban J connectivity index is 2.31. The van der Waals surface area contributed by atoms with Crippen molar-refractivity contribution in [3.8, 4) is 12.1 Å². The molecule has 1 atom stereocenters. The maximum Gasteiger partial charge on any atom is 0.103 e. The molecule has 25 heavy (non-hydrogen) atoms. The van der Waals surface area contributed by atoms with Gasteiger partial charge in [-0.3, -0.25) is 0 Å². The monoisotopic (exact) mass is 330 g/mol. The second kappa shape index (κ2) is 5.83. The summed E-state index contributed by atoms with van der Waals surface area (Å²) in [6.45, 7) is 10.7. The summed E-state index contributed by atoms with van der Waals surface area (Å²) in [5, 5.41) is 18.9. The van der Waals surface area contributed by atoms with Gasteiger partial charge in [0.1, 0.15) is 18.3 Å². The second-order valence-corrected chi connectivity index (χ2v) is 6.78. The third-order valence-corrected chi connectivity index (χ3v) is 5.65. The van der Waals surface area contributed by atoms with Crippen molar-refractivity contribution in [2.24, 2.45) is 0 Å². The Labute approximate surface area is 149 Å². The molecule has 0 aliphatic carbocycles. The predicted molar refractivity (Wildman–Crippen MR) is 101 cm³/mol. The first kappa shape index (κ1) is 16.9. The van der Waals surface area contributed by atoms with Crippen LogP contribution in [0.1, 0.15) is 40.3 Å². The number of anilines is 3. The lowest BCUT2D eigenvalue weighted by Gasteiger charge is -2.30. The van der Waals surface area contributed by atoms with Crippen LogP contribution in [0.15, 0.2) is 18.2 Å². The number of rotatable bonds is 1. The van der Waals surface area contributed by atoms with Crippen LogP contribution in [0.3, 0.4) is 0 Å². The normalized spacial score (nSPS) is 15.8. The number of hydrogen-bond donors (Lipinski definition) is 0. The summed E-state index contributed by atoms with van der Waals surface area (Å²) in [5.41, 5.74) is 8.99. The molecule has 0 fully saturated rings. The van der Waals surface area contributed by atoms with Crippen LogP contribution >= 0.6 is 0 Å². The van der Waals surface area contributed by atoms with Crippen LogP contribution in [0.5, 0.6) is 0 Å². The Morgan fingerprint density at radius 2 is 1.60 bits per heavy atom. The predicted octanol–water partition coefficient (Wildman–Crippen LogP) is 4.60. The van der Waals surface area contributed by atoms with E-state index < -0.39 is 0 Å². The van der Waals surface area contributed by atoms with Gasteiger partial charge in [0.2, 0.25) is 0 Å². The molecule has 0 radical (unpaired) electrons. The molecule has 0 aromatic heterocycles. The highest BCUT2D eigenvalue weighted by molar-refractivity contribution is 5.89. The van der Waals surface area contributed by atoms with Crippen LogP contribution in [0.2, 0.25) is 0 Å². The molecule has 0 saturated heterocycles. The van der Waals surface area contributed by atoms with Crippen molar-refractivity contribution in [3.05, 3.63) is 51.6 Å². The Bertz CT molecular complexity index is 960. The van der Waals surface area contributed by atoms with Gasteiger partial charge in [0.25, 0.3) is 0 Å². The third kappa shape index (κ3) is 2.26. The standard InChI is InChI=1S/C21H22N4/c1-12-9-20(15(4)14(3)13(12)2)25-16(5)24(6)21-18(11-23)17(10-22)7-8-19(21)25/h7-9,16H,1-6H3/t16-/m0/s1. The number of fused-ring (bicyclic) bond motifs is 1. The fourth-order valence-corrected chi connectivity index (χ4v) is 3.67. The summed E-state index contributed by atoms with van der Waals surface area (Å²) >= 11 is 0. The molecule has 126 valence electrons. The van der Waals surface area contributed by atoms with E-state index >= 15 is 0 Å². The number of nitriles is 2. The number of hydrogen-bond acceptors (Lipinski definition) is 4. The zero-order chi connectivity index (χ0) is 18.5. The third-order valence-electron chi connectivity index (χ3n) is 5.65. The van der Waals surface area contributed by atoms with Crippen molar-refractivity contribution in [2.75, 3.05) is 16.8 Å². The fourth-order valence-electron chi connectivity index (χ4n) is 3.67. The minimum Gasteiger partial charge on any atom is -0.351 e. The molecule has 0 unspecified atom stereocenters. The molecule has 0 spiro atoms. The maximum atomic E-state index is 9.61. The van der Waals surface area contributed by atoms with E-state index in [2.05, 4.69) is 62.6 Å². The topological polar surface area (TPSA) is 54.1 Å². The average molecular weight is 330 g/mol. The van der Waals surface area contributed by atoms with Gasteiger partial charge in [-0.2, -0.15) is 10.5 Å². The first-order chi connectivity index (χ1) is 11.8. The van der Waals surface area contributed by atoms with Gasteiger partial charge in [0.05, 0.1) is 22.5 Å². The summed E-state index contributed by atoms with van der Waals surface area (Å²) in [6.07, 6.45) is 0.0660. The molecule has 1 aliphatic heterocycles. The lowest BCUT2D eigenvalue weighted by atomic mass is 9.96. The molecule has 0 amide bonds. The van der Waals surface area contributed by atoms with Gasteiger partial charge in [-0.15, -0.1) is 0 Å². The first-order valence-electron chi connectivity index (χ1n) is 8.40. The Morgan fingerprint density at radius 1 is 0.920 bits per heavy atom. The maximum absolute atomic E-state index is 9.61. The van der Waals surface area contributed by atoms with E-state index in [4.69, 9.17) is 0 Å². The molecule has 3 rings (SSSR count). The van der Waals surface area contributed by atoms with Crippen molar-refractivity contribution in [1.82, 2.24) is 0 Å². The van der Waals surface area contributed by atoms with Crippen LogP contribution in [0.4, 0.5) is 17.1 Å². The zero-order valence-electron chi connectivity index (χ0n) is 15.6. The number of nitrogens with zero attached hydrogens (tertiary/aromatic N) is 4. The van der Waals surface area contributed by atoms with Crippen LogP contribution in [0, 0.1) is 50.4 Å². The summed E-state index contributed by atoms with van der Waals surface area (Å²) in [7, 11) is 1.98. The highest BCUT2D eigenvalue weighted by Gasteiger charge is 2.35. The van der Waals surface area contributed by atoms with Crippen LogP contribution in [0.25, 0.3) is 0 Å². The fraction of sp³-hybridized carbons (Fsp3) is 0.333. The lowest BCUT2D eigenvalue weighted by molar-refractivity contribution is 0.731. The average Bonchev–Trinajstić information content (AvgIpc) is 2.86. The quantitative estimate of drug-likeness (QED) is 0.767. The van der Waals surface area contributed by atoms with Gasteiger partial charge in [0, 0.05) is 12.7 Å². The highest BCUT2D eigenvalue weighted by Crippen LogP contribution is 2.47. The van der Waals surface area contributed by atoms with Crippen LogP contribution in [-0.4, -0.2) is 13.2 Å². The van der Waals surface area contributed by atoms with Gasteiger partial charge in [-0.05, 0) is 75.1 Å². The zero-order valence-corrected chi connectivity index (χ0v) is 15.6. The van der Waals surface area contributed by atoms with Gasteiger partial charge < -0.3 is 9.80 Å². The van der Waals surface area contributed by atoms with Gasteiger partial charge in [0.15, 0.2) is 0 Å². The molecule has 1 aliphatic rings. The molecule has 0 bridgehead atoms. The highest BCUT2D eigenvalue weighted by atomic mass is 15.4. The van der Waals surface area contributed by atoms with Gasteiger partial charge >= 0.3 is 0 Å². The molecule has 4 nitrogen and oxygen atoms in total. The summed E-state index contributed by atoms with van der Waals surface area (Å²) in [5.74, 6) is 0. The molecule has 0 N–H and O–H groups in total. The van der Waals surface area contributed by atoms with E-state index in [1.54, 1.807) is 6.07 Å². The summed E-state index contributed by atoms with van der Waals surface area (Å²) in [4.78, 5) is 4.35. The van der Waals surface area contributed by atoms with Crippen molar-refractivity contribution in [1.29, 1.82) is 10.5 Å². The number of aryl methyl sites for hydroxylation is 1. The Kier molecular flexibility index (Phi) is 3.93. The van der Waals surface area contributed by atoms with Crippen molar-refractivity contribution in [3.63, 3.8) is 0 Å². The van der Waals surface area contributed by atoms with E-state index in [0.717, 1.165) is 17.1 Å². The van der Waals surface area contributed by atoms with Crippen LogP contribution in [-0.2, 0) is 0 Å². The molecule has 2 aromatic rings. The van der Waals surface area contributed by atoms with Crippen molar-refractivity contribution in [2.45, 2.75) is 40.8 Å². The smallest absolute Gasteiger partial charge is 0.103 e. The minimum absolute atomic E-state index is 0.0660. The molecule has 1 heterocycles.